The summed E-state index contributed by atoms with van der Waals surface area (Å²) in [5.41, 5.74) is 8.03. The lowest BCUT2D eigenvalue weighted by Gasteiger charge is -2.29. The first-order valence-electron chi connectivity index (χ1n) is 10.8. The molecule has 0 saturated heterocycles. The van der Waals surface area contributed by atoms with Crippen molar-refractivity contribution in [2.45, 2.75) is 38.4 Å². The number of fused-ring (bicyclic) bond motifs is 1. The lowest BCUT2D eigenvalue weighted by molar-refractivity contribution is 0.0999. The summed E-state index contributed by atoms with van der Waals surface area (Å²) in [6, 6.07) is 10.8. The SMILES string of the molecule is CC1CCC(Nc2c(C(N)=O)cnn3cc(-n4ccc(-c5ccc(Cl)cc5)n4)cc23)C1(C)F. The quantitative estimate of drug-likeness (QED) is 0.438. The number of amides is 1. The van der Waals surface area contributed by atoms with Crippen molar-refractivity contribution < 1.29 is 9.18 Å². The summed E-state index contributed by atoms with van der Waals surface area (Å²) in [6.45, 7) is 3.51. The van der Waals surface area contributed by atoms with E-state index in [0.29, 0.717) is 22.6 Å². The molecule has 170 valence electrons. The zero-order valence-electron chi connectivity index (χ0n) is 18.3. The summed E-state index contributed by atoms with van der Waals surface area (Å²) >= 11 is 5.98. The number of nitrogens with zero attached hydrogens (tertiary/aromatic N) is 4. The van der Waals surface area contributed by atoms with Crippen molar-refractivity contribution in [1.82, 2.24) is 19.4 Å². The van der Waals surface area contributed by atoms with Crippen molar-refractivity contribution in [3.8, 4) is 16.9 Å². The fourth-order valence-electron chi connectivity index (χ4n) is 4.46. The molecule has 1 aromatic carbocycles. The highest BCUT2D eigenvalue weighted by Crippen LogP contribution is 2.41. The summed E-state index contributed by atoms with van der Waals surface area (Å²) in [5.74, 6) is -0.700. The molecule has 0 spiro atoms. The van der Waals surface area contributed by atoms with Gasteiger partial charge in [-0.15, -0.1) is 0 Å². The van der Waals surface area contributed by atoms with Crippen LogP contribution < -0.4 is 11.1 Å². The van der Waals surface area contributed by atoms with Gasteiger partial charge in [0.05, 0.1) is 46.6 Å². The fourth-order valence-corrected chi connectivity index (χ4v) is 4.59. The number of nitrogens with two attached hydrogens (primary N) is 1. The molecule has 0 bridgehead atoms. The van der Waals surface area contributed by atoms with E-state index >= 15 is 4.39 Å². The van der Waals surface area contributed by atoms with E-state index in [9.17, 15) is 4.79 Å². The van der Waals surface area contributed by atoms with E-state index in [2.05, 4.69) is 15.5 Å². The molecule has 3 heterocycles. The minimum atomic E-state index is -1.40. The molecule has 1 fully saturated rings. The van der Waals surface area contributed by atoms with Crippen LogP contribution in [0, 0.1) is 5.92 Å². The van der Waals surface area contributed by atoms with Crippen LogP contribution in [0.15, 0.2) is 55.0 Å². The lowest BCUT2D eigenvalue weighted by atomic mass is 9.93. The molecule has 3 unspecified atom stereocenters. The third-order valence-electron chi connectivity index (χ3n) is 6.73. The van der Waals surface area contributed by atoms with Crippen LogP contribution in [0.1, 0.15) is 37.0 Å². The predicted octanol–water partition coefficient (Wildman–Crippen LogP) is 4.88. The van der Waals surface area contributed by atoms with Crippen LogP contribution in [0.4, 0.5) is 10.1 Å². The molecule has 33 heavy (non-hydrogen) atoms. The smallest absolute Gasteiger partial charge is 0.252 e. The third kappa shape index (κ3) is 3.74. The molecule has 4 aromatic rings. The molecule has 0 radical (unpaired) electrons. The Morgan fingerprint density at radius 2 is 2.03 bits per heavy atom. The van der Waals surface area contributed by atoms with Crippen molar-refractivity contribution in [1.29, 1.82) is 0 Å². The number of anilines is 1. The van der Waals surface area contributed by atoms with Crippen molar-refractivity contribution in [2.24, 2.45) is 11.7 Å². The van der Waals surface area contributed by atoms with Gasteiger partial charge in [0.25, 0.3) is 5.91 Å². The molecule has 3 aromatic heterocycles. The standard InChI is InChI=1S/C24H24ClFN6O/c1-14-3-8-21(24(14,2)26)29-22-18(23(27)33)12-28-32-13-17(11-20(22)32)31-10-9-19(30-31)15-4-6-16(25)7-5-15/h4-7,9-14,21,29H,3,8H2,1-2H3,(H2,27,33). The Morgan fingerprint density at radius 3 is 2.70 bits per heavy atom. The van der Waals surface area contributed by atoms with Gasteiger partial charge in [0.1, 0.15) is 5.67 Å². The molecule has 1 aliphatic rings. The number of primary amides is 1. The second-order valence-corrected chi connectivity index (χ2v) is 9.24. The fraction of sp³-hybridized carbons (Fsp3) is 0.292. The van der Waals surface area contributed by atoms with E-state index in [-0.39, 0.29) is 11.5 Å². The number of hydrogen-bond donors (Lipinski definition) is 2. The Hall–Kier alpha value is -3.39. The highest BCUT2D eigenvalue weighted by atomic mass is 35.5. The average molecular weight is 467 g/mol. The number of nitrogens with one attached hydrogen (secondary N) is 1. The molecule has 1 aliphatic carbocycles. The van der Waals surface area contributed by atoms with Crippen LogP contribution in [0.5, 0.6) is 0 Å². The minimum Gasteiger partial charge on any atom is -0.377 e. The number of alkyl halides is 1. The zero-order valence-corrected chi connectivity index (χ0v) is 19.1. The van der Waals surface area contributed by atoms with Gasteiger partial charge >= 0.3 is 0 Å². The number of rotatable bonds is 5. The predicted molar refractivity (Wildman–Crippen MR) is 127 cm³/mol. The normalized spacial score (nSPS) is 22.7. The summed E-state index contributed by atoms with van der Waals surface area (Å²) in [7, 11) is 0. The van der Waals surface area contributed by atoms with Gasteiger partial charge in [-0.3, -0.25) is 4.79 Å². The highest BCUT2D eigenvalue weighted by molar-refractivity contribution is 6.30. The summed E-state index contributed by atoms with van der Waals surface area (Å²) in [4.78, 5) is 12.1. The Bertz CT molecular complexity index is 1340. The highest BCUT2D eigenvalue weighted by Gasteiger charge is 2.45. The molecule has 5 rings (SSSR count). The maximum absolute atomic E-state index is 15.3. The largest absolute Gasteiger partial charge is 0.377 e. The second kappa shape index (κ2) is 7.88. The monoisotopic (exact) mass is 466 g/mol. The molecule has 3 N–H and O–H groups in total. The van der Waals surface area contributed by atoms with Crippen LogP contribution in [-0.2, 0) is 0 Å². The number of hydrogen-bond acceptors (Lipinski definition) is 4. The van der Waals surface area contributed by atoms with Crippen LogP contribution in [0.2, 0.25) is 5.02 Å². The summed E-state index contributed by atoms with van der Waals surface area (Å²) < 4.78 is 18.7. The van der Waals surface area contributed by atoms with Crippen LogP contribution in [-0.4, -0.2) is 37.0 Å². The Morgan fingerprint density at radius 1 is 1.27 bits per heavy atom. The Kier molecular flexibility index (Phi) is 5.12. The number of carbonyl (C=O) groups is 1. The van der Waals surface area contributed by atoms with Crippen LogP contribution >= 0.6 is 11.6 Å². The van der Waals surface area contributed by atoms with Crippen molar-refractivity contribution in [3.63, 3.8) is 0 Å². The van der Waals surface area contributed by atoms with Crippen molar-refractivity contribution in [2.75, 3.05) is 5.32 Å². The molecule has 1 amide bonds. The minimum absolute atomic E-state index is 0.0809. The third-order valence-corrected chi connectivity index (χ3v) is 6.99. The first-order chi connectivity index (χ1) is 15.7. The zero-order chi connectivity index (χ0) is 23.3. The van der Waals surface area contributed by atoms with Gasteiger partial charge in [0.15, 0.2) is 0 Å². The topological polar surface area (TPSA) is 90.2 Å². The molecule has 9 heteroatoms. The lowest BCUT2D eigenvalue weighted by Crippen LogP contribution is -2.40. The van der Waals surface area contributed by atoms with E-state index in [4.69, 9.17) is 17.3 Å². The molecule has 3 atom stereocenters. The summed E-state index contributed by atoms with van der Waals surface area (Å²) in [6.07, 6.45) is 6.49. The molecule has 7 nitrogen and oxygen atoms in total. The first kappa shape index (κ1) is 21.5. The first-order valence-corrected chi connectivity index (χ1v) is 11.2. The molecular weight excluding hydrogens is 443 g/mol. The van der Waals surface area contributed by atoms with Gasteiger partial charge in [-0.25, -0.2) is 13.6 Å². The van der Waals surface area contributed by atoms with E-state index in [1.165, 1.54) is 6.20 Å². The molecule has 1 saturated carbocycles. The molecular formula is C24H24ClFN6O. The van der Waals surface area contributed by atoms with Gasteiger partial charge in [0.2, 0.25) is 0 Å². The number of benzene rings is 1. The van der Waals surface area contributed by atoms with Crippen LogP contribution in [0.25, 0.3) is 22.5 Å². The van der Waals surface area contributed by atoms with Gasteiger partial charge in [-0.2, -0.15) is 10.2 Å². The van der Waals surface area contributed by atoms with Crippen molar-refractivity contribution >= 4 is 28.7 Å². The maximum atomic E-state index is 15.3. The number of halogens is 2. The van der Waals surface area contributed by atoms with E-state index in [1.807, 2.05) is 49.5 Å². The van der Waals surface area contributed by atoms with Crippen LogP contribution in [0.3, 0.4) is 0 Å². The van der Waals surface area contributed by atoms with E-state index in [0.717, 1.165) is 23.4 Å². The maximum Gasteiger partial charge on any atom is 0.252 e. The number of aromatic nitrogens is 4. The van der Waals surface area contributed by atoms with E-state index < -0.39 is 17.6 Å². The number of carbonyl (C=O) groups excluding carboxylic acids is 1. The Balaban J connectivity index is 1.55. The summed E-state index contributed by atoms with van der Waals surface area (Å²) in [5, 5.41) is 12.9. The van der Waals surface area contributed by atoms with Gasteiger partial charge in [-0.1, -0.05) is 30.7 Å². The van der Waals surface area contributed by atoms with Gasteiger partial charge < -0.3 is 11.1 Å². The van der Waals surface area contributed by atoms with Crippen molar-refractivity contribution in [3.05, 3.63) is 65.6 Å². The second-order valence-electron chi connectivity index (χ2n) is 8.80. The molecule has 0 aliphatic heterocycles. The van der Waals surface area contributed by atoms with E-state index in [1.54, 1.807) is 22.3 Å². The average Bonchev–Trinajstić information content (AvgIpc) is 3.48. The van der Waals surface area contributed by atoms with Gasteiger partial charge in [-0.05, 0) is 49.9 Å². The Labute approximate surface area is 195 Å². The van der Waals surface area contributed by atoms with Gasteiger partial charge in [0, 0.05) is 16.8 Å².